The third kappa shape index (κ3) is 2.73. The van der Waals surface area contributed by atoms with E-state index in [1.54, 1.807) is 0 Å². The molecule has 1 atom stereocenters. The Morgan fingerprint density at radius 1 is 1.25 bits per heavy atom. The van der Waals surface area contributed by atoms with Gasteiger partial charge in [0, 0.05) is 23.3 Å². The molecule has 1 aromatic heterocycles. The van der Waals surface area contributed by atoms with Gasteiger partial charge in [-0.3, -0.25) is 0 Å². The maximum absolute atomic E-state index is 4.89. The molecule has 2 heterocycles. The van der Waals surface area contributed by atoms with Gasteiger partial charge in [0.05, 0.1) is 10.7 Å². The second-order valence-electron chi connectivity index (χ2n) is 5.28. The molecule has 1 aliphatic heterocycles. The van der Waals surface area contributed by atoms with Crippen LogP contribution in [-0.4, -0.2) is 18.1 Å². The summed E-state index contributed by atoms with van der Waals surface area (Å²) in [6, 6.07) is 8.68. The van der Waals surface area contributed by atoms with Crippen molar-refractivity contribution in [3.8, 4) is 11.3 Å². The van der Waals surface area contributed by atoms with Crippen LogP contribution in [0.1, 0.15) is 21.9 Å². The first-order valence-electron chi connectivity index (χ1n) is 6.68. The predicted octanol–water partition coefficient (Wildman–Crippen LogP) is 3.71. The third-order valence-corrected chi connectivity index (χ3v) is 5.07. The molecule has 2 nitrogen and oxygen atoms in total. The number of thiazole rings is 1. The van der Waals surface area contributed by atoms with E-state index in [-0.39, 0.29) is 24.8 Å². The number of aromatic nitrogens is 1. The summed E-state index contributed by atoms with van der Waals surface area (Å²) in [6.07, 6.45) is 3.56. The lowest BCUT2D eigenvalue weighted by atomic mass is 10.1. The number of hydrogen-bond donors (Lipinski definition) is 1. The average molecular weight is 329 g/mol. The number of nitrogens with one attached hydrogen (secondary N) is 1. The predicted molar refractivity (Wildman–Crippen MR) is 89.5 cm³/mol. The molecule has 0 unspecified atom stereocenters. The lowest BCUT2D eigenvalue weighted by Crippen LogP contribution is -2.10. The molecule has 1 aliphatic carbocycles. The van der Waals surface area contributed by atoms with Crippen molar-refractivity contribution in [1.29, 1.82) is 0 Å². The second kappa shape index (κ2) is 6.44. The van der Waals surface area contributed by atoms with E-state index in [4.69, 9.17) is 4.98 Å². The maximum atomic E-state index is 4.89. The number of nitrogens with zero attached hydrogens (tertiary/aromatic N) is 1. The SMILES string of the molecule is Cl.Cl.c1ccc2c(c1)Cc1sc(C[C@@H]3CCNC3)nc1-2. The van der Waals surface area contributed by atoms with E-state index in [9.17, 15) is 0 Å². The van der Waals surface area contributed by atoms with Gasteiger partial charge in [0.1, 0.15) is 0 Å². The van der Waals surface area contributed by atoms with Crippen molar-refractivity contribution in [3.63, 3.8) is 0 Å². The van der Waals surface area contributed by atoms with Gasteiger partial charge in [0.25, 0.3) is 0 Å². The maximum Gasteiger partial charge on any atom is 0.0938 e. The first-order chi connectivity index (χ1) is 8.90. The molecule has 0 spiro atoms. The van der Waals surface area contributed by atoms with Crippen LogP contribution >= 0.6 is 36.2 Å². The molecule has 1 aromatic carbocycles. The number of hydrogen-bond acceptors (Lipinski definition) is 3. The van der Waals surface area contributed by atoms with Crippen molar-refractivity contribution < 1.29 is 0 Å². The van der Waals surface area contributed by atoms with E-state index >= 15 is 0 Å². The smallest absolute Gasteiger partial charge is 0.0938 e. The fourth-order valence-electron chi connectivity index (χ4n) is 3.03. The van der Waals surface area contributed by atoms with Crippen LogP contribution in [-0.2, 0) is 12.8 Å². The van der Waals surface area contributed by atoms with Crippen LogP contribution in [0.5, 0.6) is 0 Å². The topological polar surface area (TPSA) is 24.9 Å². The van der Waals surface area contributed by atoms with E-state index in [0.717, 1.165) is 18.8 Å². The average Bonchev–Trinajstić information content (AvgIpc) is 3.05. The highest BCUT2D eigenvalue weighted by Gasteiger charge is 2.24. The van der Waals surface area contributed by atoms with Crippen molar-refractivity contribution in [2.75, 3.05) is 13.1 Å². The summed E-state index contributed by atoms with van der Waals surface area (Å²) < 4.78 is 0. The summed E-state index contributed by atoms with van der Waals surface area (Å²) in [5, 5.41) is 4.77. The number of benzene rings is 1. The van der Waals surface area contributed by atoms with Crippen molar-refractivity contribution in [1.82, 2.24) is 10.3 Å². The van der Waals surface area contributed by atoms with Crippen LogP contribution in [0.15, 0.2) is 24.3 Å². The zero-order valence-electron chi connectivity index (χ0n) is 11.1. The Bertz CT molecular complexity index is 591. The third-order valence-electron chi connectivity index (χ3n) is 3.99. The van der Waals surface area contributed by atoms with Crippen LogP contribution in [0.2, 0.25) is 0 Å². The highest BCUT2D eigenvalue weighted by atomic mass is 35.5. The molecule has 0 amide bonds. The minimum absolute atomic E-state index is 0. The summed E-state index contributed by atoms with van der Waals surface area (Å²) in [7, 11) is 0. The first kappa shape index (κ1) is 15.8. The molecule has 0 radical (unpaired) electrons. The second-order valence-corrected chi connectivity index (χ2v) is 6.44. The molecule has 2 aromatic rings. The van der Waals surface area contributed by atoms with E-state index in [2.05, 4.69) is 29.6 Å². The van der Waals surface area contributed by atoms with Gasteiger partial charge in [-0.15, -0.1) is 36.2 Å². The van der Waals surface area contributed by atoms with Crippen molar-refractivity contribution in [3.05, 3.63) is 39.7 Å². The quantitative estimate of drug-likeness (QED) is 0.775. The first-order valence-corrected chi connectivity index (χ1v) is 7.49. The molecular formula is C15H18Cl2N2S. The Hall–Kier alpha value is -0.610. The minimum atomic E-state index is 0. The van der Waals surface area contributed by atoms with Gasteiger partial charge in [0.15, 0.2) is 0 Å². The van der Waals surface area contributed by atoms with Crippen molar-refractivity contribution in [2.24, 2.45) is 5.92 Å². The molecule has 1 N–H and O–H groups in total. The molecule has 0 saturated carbocycles. The lowest BCUT2D eigenvalue weighted by Gasteiger charge is -2.04. The molecule has 4 rings (SSSR count). The minimum Gasteiger partial charge on any atom is -0.316 e. The van der Waals surface area contributed by atoms with Gasteiger partial charge in [-0.1, -0.05) is 24.3 Å². The van der Waals surface area contributed by atoms with E-state index < -0.39 is 0 Å². The van der Waals surface area contributed by atoms with Gasteiger partial charge < -0.3 is 5.32 Å². The highest BCUT2D eigenvalue weighted by Crippen LogP contribution is 2.39. The Morgan fingerprint density at radius 2 is 2.10 bits per heavy atom. The van der Waals surface area contributed by atoms with Gasteiger partial charge in [-0.2, -0.15) is 0 Å². The zero-order chi connectivity index (χ0) is 11.9. The van der Waals surface area contributed by atoms with Gasteiger partial charge in [0.2, 0.25) is 0 Å². The molecule has 0 bridgehead atoms. The molecular weight excluding hydrogens is 311 g/mol. The molecule has 1 fully saturated rings. The molecule has 1 saturated heterocycles. The Balaban J connectivity index is 0.000000735. The van der Waals surface area contributed by atoms with Crippen molar-refractivity contribution in [2.45, 2.75) is 19.3 Å². The van der Waals surface area contributed by atoms with Crippen LogP contribution < -0.4 is 5.32 Å². The lowest BCUT2D eigenvalue weighted by molar-refractivity contribution is 0.578. The van der Waals surface area contributed by atoms with Crippen LogP contribution in [0.3, 0.4) is 0 Å². The number of rotatable bonds is 2. The normalized spacial score (nSPS) is 18.9. The molecule has 108 valence electrons. The highest BCUT2D eigenvalue weighted by molar-refractivity contribution is 7.12. The van der Waals surface area contributed by atoms with Gasteiger partial charge >= 0.3 is 0 Å². The summed E-state index contributed by atoms with van der Waals surface area (Å²) >= 11 is 1.93. The number of fused-ring (bicyclic) bond motifs is 3. The van der Waals surface area contributed by atoms with Crippen LogP contribution in [0, 0.1) is 5.92 Å². The number of halogens is 2. The summed E-state index contributed by atoms with van der Waals surface area (Å²) in [4.78, 5) is 6.36. The Kier molecular flexibility index (Phi) is 5.08. The fourth-order valence-corrected chi connectivity index (χ4v) is 4.25. The fraction of sp³-hybridized carbons (Fsp3) is 0.400. The summed E-state index contributed by atoms with van der Waals surface area (Å²) in [5.74, 6) is 0.798. The van der Waals surface area contributed by atoms with Gasteiger partial charge in [-0.05, 0) is 31.0 Å². The van der Waals surface area contributed by atoms with Crippen LogP contribution in [0.4, 0.5) is 0 Å². The van der Waals surface area contributed by atoms with Crippen molar-refractivity contribution >= 4 is 36.2 Å². The van der Waals surface area contributed by atoms with E-state index in [1.807, 2.05) is 11.3 Å². The summed E-state index contributed by atoms with van der Waals surface area (Å²) in [6.45, 7) is 2.35. The van der Waals surface area contributed by atoms with Gasteiger partial charge in [-0.25, -0.2) is 4.98 Å². The van der Waals surface area contributed by atoms with E-state index in [1.165, 1.54) is 46.2 Å². The van der Waals surface area contributed by atoms with E-state index in [0.29, 0.717) is 0 Å². The molecule has 5 heteroatoms. The standard InChI is InChI=1S/C15H16N2S.2ClH/c1-2-4-12-11(3-1)8-13-15(12)17-14(18-13)7-10-5-6-16-9-10;;/h1-4,10,16H,5-9H2;2*1H/t10-;;/m0../s1. The molecule has 20 heavy (non-hydrogen) atoms. The molecule has 2 aliphatic rings. The largest absolute Gasteiger partial charge is 0.316 e. The summed E-state index contributed by atoms with van der Waals surface area (Å²) in [5.41, 5.74) is 4.07. The Labute approximate surface area is 135 Å². The zero-order valence-corrected chi connectivity index (χ0v) is 13.5. The van der Waals surface area contributed by atoms with Crippen LogP contribution in [0.25, 0.3) is 11.3 Å². The monoisotopic (exact) mass is 328 g/mol. The Morgan fingerprint density at radius 3 is 2.90 bits per heavy atom.